The Balaban J connectivity index is 2.07. The van der Waals surface area contributed by atoms with Crippen LogP contribution in [0.25, 0.3) is 0 Å². The van der Waals surface area contributed by atoms with Crippen molar-refractivity contribution in [2.24, 2.45) is 11.7 Å². The molecule has 0 radical (unpaired) electrons. The second kappa shape index (κ2) is 5.45. The minimum absolute atomic E-state index is 0.192. The van der Waals surface area contributed by atoms with Gasteiger partial charge in [0.25, 0.3) is 0 Å². The zero-order valence-corrected chi connectivity index (χ0v) is 11.4. The molecule has 18 heavy (non-hydrogen) atoms. The first-order valence-electron chi connectivity index (χ1n) is 6.45. The van der Waals surface area contributed by atoms with Gasteiger partial charge < -0.3 is 11.1 Å². The Morgan fingerprint density at radius 2 is 2.17 bits per heavy atom. The maximum atomic E-state index is 13.3. The average Bonchev–Trinajstić information content (AvgIpc) is 2.22. The van der Waals surface area contributed by atoms with Crippen molar-refractivity contribution in [1.82, 2.24) is 0 Å². The van der Waals surface area contributed by atoms with Crippen LogP contribution in [0, 0.1) is 11.7 Å². The maximum absolute atomic E-state index is 13.3. The van der Waals surface area contributed by atoms with Crippen molar-refractivity contribution in [3.8, 4) is 0 Å². The Morgan fingerprint density at radius 3 is 2.67 bits per heavy atom. The van der Waals surface area contributed by atoms with Crippen LogP contribution < -0.4 is 11.1 Å². The van der Waals surface area contributed by atoms with E-state index in [9.17, 15) is 4.39 Å². The maximum Gasteiger partial charge on any atom is 0.126 e. The van der Waals surface area contributed by atoms with Crippen LogP contribution in [0.4, 0.5) is 10.1 Å². The van der Waals surface area contributed by atoms with Crippen LogP contribution in [-0.2, 0) is 0 Å². The van der Waals surface area contributed by atoms with E-state index in [1.807, 2.05) is 0 Å². The van der Waals surface area contributed by atoms with Crippen LogP contribution in [0.2, 0.25) is 5.02 Å². The van der Waals surface area contributed by atoms with Gasteiger partial charge in [-0.1, -0.05) is 30.9 Å². The van der Waals surface area contributed by atoms with Gasteiger partial charge in [0, 0.05) is 22.8 Å². The summed E-state index contributed by atoms with van der Waals surface area (Å²) in [7, 11) is 0. The summed E-state index contributed by atoms with van der Waals surface area (Å²) < 4.78 is 13.3. The molecular weight excluding hydrogens is 251 g/mol. The van der Waals surface area contributed by atoms with Crippen molar-refractivity contribution in [2.45, 2.75) is 38.1 Å². The third-order valence-electron chi connectivity index (χ3n) is 3.72. The second-order valence-electron chi connectivity index (χ2n) is 5.55. The van der Waals surface area contributed by atoms with E-state index < -0.39 is 0 Å². The Morgan fingerprint density at radius 1 is 1.44 bits per heavy atom. The fourth-order valence-electron chi connectivity index (χ4n) is 2.49. The van der Waals surface area contributed by atoms with Gasteiger partial charge in [-0.2, -0.15) is 0 Å². The van der Waals surface area contributed by atoms with Gasteiger partial charge in [0.2, 0.25) is 0 Å². The molecule has 1 saturated carbocycles. The number of benzene rings is 1. The summed E-state index contributed by atoms with van der Waals surface area (Å²) in [6, 6.07) is 4.50. The lowest BCUT2D eigenvalue weighted by Gasteiger charge is -2.37. The summed E-state index contributed by atoms with van der Waals surface area (Å²) in [5, 5.41) is 3.74. The van der Waals surface area contributed by atoms with Crippen LogP contribution in [0.15, 0.2) is 18.2 Å². The summed E-state index contributed by atoms with van der Waals surface area (Å²) in [5.74, 6) is 0.420. The van der Waals surface area contributed by atoms with E-state index in [4.69, 9.17) is 17.3 Å². The van der Waals surface area contributed by atoms with Crippen molar-refractivity contribution >= 4 is 17.3 Å². The summed E-state index contributed by atoms with van der Waals surface area (Å²) in [5.41, 5.74) is 6.38. The molecule has 1 unspecified atom stereocenters. The first kappa shape index (κ1) is 13.6. The number of rotatable bonds is 5. The largest absolute Gasteiger partial charge is 0.378 e. The predicted molar refractivity (Wildman–Crippen MR) is 74.5 cm³/mol. The van der Waals surface area contributed by atoms with Gasteiger partial charge in [-0.15, -0.1) is 0 Å². The number of anilines is 1. The predicted octanol–water partition coefficient (Wildman–Crippen LogP) is 3.80. The SMILES string of the molecule is CC(CN)(CC1CCC1)Nc1cc(F)cc(Cl)c1. The Labute approximate surface area is 113 Å². The molecule has 1 aromatic rings. The van der Waals surface area contributed by atoms with Crippen LogP contribution in [0.3, 0.4) is 0 Å². The number of hydrogen-bond donors (Lipinski definition) is 2. The van der Waals surface area contributed by atoms with Crippen LogP contribution in [0.1, 0.15) is 32.6 Å². The molecule has 1 aliphatic rings. The van der Waals surface area contributed by atoms with Crippen molar-refractivity contribution in [3.05, 3.63) is 29.0 Å². The molecule has 0 saturated heterocycles. The second-order valence-corrected chi connectivity index (χ2v) is 5.99. The van der Waals surface area contributed by atoms with E-state index >= 15 is 0 Å². The van der Waals surface area contributed by atoms with Crippen LogP contribution in [0.5, 0.6) is 0 Å². The first-order valence-corrected chi connectivity index (χ1v) is 6.83. The van der Waals surface area contributed by atoms with Crippen molar-refractivity contribution in [2.75, 3.05) is 11.9 Å². The zero-order chi connectivity index (χ0) is 13.2. The van der Waals surface area contributed by atoms with Crippen LogP contribution >= 0.6 is 11.6 Å². The minimum Gasteiger partial charge on any atom is -0.378 e. The molecule has 1 fully saturated rings. The van der Waals surface area contributed by atoms with E-state index in [-0.39, 0.29) is 11.4 Å². The highest BCUT2D eigenvalue weighted by atomic mass is 35.5. The Hall–Kier alpha value is -0.800. The zero-order valence-electron chi connectivity index (χ0n) is 10.7. The molecule has 0 aromatic heterocycles. The molecule has 1 aromatic carbocycles. The fraction of sp³-hybridized carbons (Fsp3) is 0.571. The number of nitrogens with one attached hydrogen (secondary N) is 1. The Bertz CT molecular complexity index is 400. The molecule has 1 aliphatic carbocycles. The minimum atomic E-state index is -0.326. The van der Waals surface area contributed by atoms with E-state index in [2.05, 4.69) is 12.2 Å². The van der Waals surface area contributed by atoms with E-state index in [0.29, 0.717) is 17.3 Å². The van der Waals surface area contributed by atoms with Gasteiger partial charge in [0.15, 0.2) is 0 Å². The Kier molecular flexibility index (Phi) is 4.13. The third-order valence-corrected chi connectivity index (χ3v) is 3.94. The van der Waals surface area contributed by atoms with E-state index in [1.54, 1.807) is 6.07 Å². The topological polar surface area (TPSA) is 38.0 Å². The van der Waals surface area contributed by atoms with Gasteiger partial charge in [-0.25, -0.2) is 4.39 Å². The van der Waals surface area contributed by atoms with Gasteiger partial charge in [-0.05, 0) is 37.5 Å². The standard InChI is InChI=1S/C14H20ClFN2/c1-14(9-17,8-10-3-2-4-10)18-13-6-11(15)5-12(16)7-13/h5-7,10,18H,2-4,8-9,17H2,1H3. The average molecular weight is 271 g/mol. The summed E-state index contributed by atoms with van der Waals surface area (Å²) in [6.45, 7) is 2.61. The van der Waals surface area contributed by atoms with Gasteiger partial charge in [0.05, 0.1) is 0 Å². The molecule has 0 aliphatic heterocycles. The van der Waals surface area contributed by atoms with Gasteiger partial charge >= 0.3 is 0 Å². The molecule has 0 amide bonds. The fourth-order valence-corrected chi connectivity index (χ4v) is 2.72. The molecule has 2 rings (SSSR count). The molecule has 4 heteroatoms. The monoisotopic (exact) mass is 270 g/mol. The highest BCUT2D eigenvalue weighted by molar-refractivity contribution is 6.30. The lowest BCUT2D eigenvalue weighted by Crippen LogP contribution is -2.45. The third kappa shape index (κ3) is 3.36. The number of hydrogen-bond acceptors (Lipinski definition) is 2. The smallest absolute Gasteiger partial charge is 0.126 e. The van der Waals surface area contributed by atoms with Crippen molar-refractivity contribution < 1.29 is 4.39 Å². The molecule has 0 heterocycles. The quantitative estimate of drug-likeness (QED) is 0.854. The molecule has 0 spiro atoms. The first-order chi connectivity index (χ1) is 8.50. The molecular formula is C14H20ClFN2. The lowest BCUT2D eigenvalue weighted by molar-refractivity contribution is 0.248. The molecule has 3 N–H and O–H groups in total. The van der Waals surface area contributed by atoms with Crippen molar-refractivity contribution in [1.29, 1.82) is 0 Å². The van der Waals surface area contributed by atoms with Gasteiger partial charge in [0.1, 0.15) is 5.82 Å². The molecule has 2 nitrogen and oxygen atoms in total. The van der Waals surface area contributed by atoms with Crippen LogP contribution in [-0.4, -0.2) is 12.1 Å². The van der Waals surface area contributed by atoms with Crippen molar-refractivity contribution in [3.63, 3.8) is 0 Å². The van der Waals surface area contributed by atoms with E-state index in [1.165, 1.54) is 31.4 Å². The van der Waals surface area contributed by atoms with Gasteiger partial charge in [-0.3, -0.25) is 0 Å². The molecule has 100 valence electrons. The molecule has 1 atom stereocenters. The summed E-state index contributed by atoms with van der Waals surface area (Å²) in [4.78, 5) is 0. The number of halogens is 2. The highest BCUT2D eigenvalue weighted by Crippen LogP contribution is 2.35. The normalized spacial score (nSPS) is 19.1. The van der Waals surface area contributed by atoms with E-state index in [0.717, 1.165) is 12.3 Å². The number of nitrogens with two attached hydrogens (primary N) is 1. The highest BCUT2D eigenvalue weighted by Gasteiger charge is 2.29. The molecule has 0 bridgehead atoms. The summed E-state index contributed by atoms with van der Waals surface area (Å²) >= 11 is 5.86. The lowest BCUT2D eigenvalue weighted by atomic mass is 9.76. The summed E-state index contributed by atoms with van der Waals surface area (Å²) in [6.07, 6.45) is 4.90.